The molecule has 2 atom stereocenters. The number of hydrogen-bond acceptors (Lipinski definition) is 3. The Balaban J connectivity index is 1.54. The van der Waals surface area contributed by atoms with Crippen molar-refractivity contribution in [1.29, 1.82) is 0 Å². The first kappa shape index (κ1) is 26.2. The molecule has 36 heavy (non-hydrogen) atoms. The topological polar surface area (TPSA) is 83.5 Å². The number of unbranched alkanes of at least 4 members (excludes halogenated alkanes) is 1. The SMILES string of the molecule is CC1(C)C2CC(NS(=O)(=O)CC(c3ccccc3)c3ccccc3)=C(CC=CCCCC(=O)O)C1C2. The number of benzene rings is 2. The van der Waals surface area contributed by atoms with Gasteiger partial charge >= 0.3 is 5.97 Å². The first-order chi connectivity index (χ1) is 17.2. The van der Waals surface area contributed by atoms with E-state index < -0.39 is 16.0 Å². The summed E-state index contributed by atoms with van der Waals surface area (Å²) in [7, 11) is -3.60. The second kappa shape index (κ2) is 11.0. The minimum atomic E-state index is -3.60. The van der Waals surface area contributed by atoms with Crippen LogP contribution < -0.4 is 4.72 Å². The summed E-state index contributed by atoms with van der Waals surface area (Å²) in [5.74, 6) is -0.180. The summed E-state index contributed by atoms with van der Waals surface area (Å²) in [6, 6.07) is 19.7. The fourth-order valence-corrected chi connectivity index (χ4v) is 7.31. The summed E-state index contributed by atoms with van der Waals surface area (Å²) in [5, 5.41) is 8.83. The van der Waals surface area contributed by atoms with E-state index in [1.165, 1.54) is 5.57 Å². The fraction of sp³-hybridized carbons (Fsp3) is 0.433. The second-order valence-electron chi connectivity index (χ2n) is 10.7. The van der Waals surface area contributed by atoms with Crippen LogP contribution in [-0.4, -0.2) is 25.2 Å². The smallest absolute Gasteiger partial charge is 0.303 e. The van der Waals surface area contributed by atoms with E-state index >= 15 is 0 Å². The fourth-order valence-electron chi connectivity index (χ4n) is 5.82. The van der Waals surface area contributed by atoms with E-state index in [2.05, 4.69) is 24.6 Å². The summed E-state index contributed by atoms with van der Waals surface area (Å²) in [6.45, 7) is 4.57. The van der Waals surface area contributed by atoms with E-state index in [1.54, 1.807) is 0 Å². The number of hydrogen-bond donors (Lipinski definition) is 2. The lowest BCUT2D eigenvalue weighted by Gasteiger charge is -2.58. The molecule has 2 unspecified atom stereocenters. The highest BCUT2D eigenvalue weighted by molar-refractivity contribution is 7.89. The summed E-state index contributed by atoms with van der Waals surface area (Å²) < 4.78 is 30.1. The highest BCUT2D eigenvalue weighted by atomic mass is 32.2. The average Bonchev–Trinajstić information content (AvgIpc) is 2.85. The molecule has 5 nitrogen and oxygen atoms in total. The van der Waals surface area contributed by atoms with Gasteiger partial charge in [0.05, 0.1) is 5.75 Å². The van der Waals surface area contributed by atoms with Gasteiger partial charge in [-0.15, -0.1) is 0 Å². The molecule has 2 aromatic carbocycles. The molecule has 0 spiro atoms. The van der Waals surface area contributed by atoms with Crippen LogP contribution in [0.4, 0.5) is 0 Å². The van der Waals surface area contributed by atoms with Crippen molar-refractivity contribution in [3.8, 4) is 0 Å². The van der Waals surface area contributed by atoms with E-state index in [-0.39, 0.29) is 23.5 Å². The molecule has 0 aliphatic heterocycles. The summed E-state index contributed by atoms with van der Waals surface area (Å²) in [5.41, 5.74) is 4.21. The Labute approximate surface area is 215 Å². The van der Waals surface area contributed by atoms with Gasteiger partial charge in [0.2, 0.25) is 10.0 Å². The third-order valence-corrected chi connectivity index (χ3v) is 9.39. The van der Waals surface area contributed by atoms with Crippen LogP contribution in [-0.2, 0) is 14.8 Å². The minimum absolute atomic E-state index is 0.0123. The van der Waals surface area contributed by atoms with Gasteiger partial charge in [-0.25, -0.2) is 8.42 Å². The van der Waals surface area contributed by atoms with E-state index in [0.717, 1.165) is 29.7 Å². The van der Waals surface area contributed by atoms with Crippen molar-refractivity contribution in [2.75, 3.05) is 5.75 Å². The Hall–Kier alpha value is -2.86. The first-order valence-electron chi connectivity index (χ1n) is 12.9. The Morgan fingerprint density at radius 1 is 1.06 bits per heavy atom. The highest BCUT2D eigenvalue weighted by Gasteiger charge is 2.53. The maximum atomic E-state index is 13.5. The quantitative estimate of drug-likeness (QED) is 0.262. The van der Waals surface area contributed by atoms with E-state index in [1.807, 2.05) is 66.7 Å². The van der Waals surface area contributed by atoms with Gasteiger partial charge in [0.15, 0.2) is 0 Å². The van der Waals surface area contributed by atoms with E-state index in [4.69, 9.17) is 5.11 Å². The van der Waals surface area contributed by atoms with Crippen LogP contribution in [0.25, 0.3) is 0 Å². The molecule has 192 valence electrons. The number of allylic oxidation sites excluding steroid dienone is 4. The third-order valence-electron chi connectivity index (χ3n) is 8.06. The van der Waals surface area contributed by atoms with Gasteiger partial charge in [-0.1, -0.05) is 86.7 Å². The van der Waals surface area contributed by atoms with Gasteiger partial charge < -0.3 is 5.11 Å². The predicted molar refractivity (Wildman–Crippen MR) is 144 cm³/mol. The Morgan fingerprint density at radius 2 is 1.67 bits per heavy atom. The van der Waals surface area contributed by atoms with Crippen LogP contribution in [0.3, 0.4) is 0 Å². The number of sulfonamides is 1. The van der Waals surface area contributed by atoms with Gasteiger partial charge in [-0.05, 0) is 66.1 Å². The number of rotatable bonds is 12. The van der Waals surface area contributed by atoms with Crippen LogP contribution in [0.5, 0.6) is 0 Å². The molecule has 0 heterocycles. The van der Waals surface area contributed by atoms with E-state index in [9.17, 15) is 13.2 Å². The zero-order valence-corrected chi connectivity index (χ0v) is 22.0. The van der Waals surface area contributed by atoms with Crippen LogP contribution in [0, 0.1) is 17.3 Å². The van der Waals surface area contributed by atoms with Gasteiger partial charge in [0.25, 0.3) is 0 Å². The summed E-state index contributed by atoms with van der Waals surface area (Å²) >= 11 is 0. The van der Waals surface area contributed by atoms with Gasteiger partial charge in [-0.2, -0.15) is 0 Å². The Morgan fingerprint density at radius 3 is 2.22 bits per heavy atom. The molecule has 2 bridgehead atoms. The molecule has 2 N–H and O–H groups in total. The third kappa shape index (κ3) is 6.09. The van der Waals surface area contributed by atoms with Crippen molar-refractivity contribution in [2.24, 2.45) is 17.3 Å². The molecule has 1 fully saturated rings. The maximum absolute atomic E-state index is 13.5. The van der Waals surface area contributed by atoms with Gasteiger partial charge in [0, 0.05) is 18.0 Å². The molecule has 0 amide bonds. The normalized spacial score (nSPS) is 21.0. The van der Waals surface area contributed by atoms with Gasteiger partial charge in [-0.3, -0.25) is 9.52 Å². The number of carboxylic acid groups (broad SMARTS) is 1. The van der Waals surface area contributed by atoms with Crippen molar-refractivity contribution < 1.29 is 18.3 Å². The predicted octanol–water partition coefficient (Wildman–Crippen LogP) is 6.26. The number of fused-ring (bicyclic) bond motifs is 1. The molecule has 3 aliphatic carbocycles. The lowest BCUT2D eigenvalue weighted by molar-refractivity contribution is -0.137. The average molecular weight is 508 g/mol. The van der Waals surface area contributed by atoms with E-state index in [0.29, 0.717) is 31.1 Å². The van der Waals surface area contributed by atoms with Crippen molar-refractivity contribution in [2.45, 2.75) is 58.3 Å². The monoisotopic (exact) mass is 507 g/mol. The Bertz CT molecular complexity index is 1180. The molecule has 2 aromatic rings. The first-order valence-corrected chi connectivity index (χ1v) is 14.5. The number of aliphatic carboxylic acids is 1. The maximum Gasteiger partial charge on any atom is 0.303 e. The lowest BCUT2D eigenvalue weighted by atomic mass is 9.48. The van der Waals surface area contributed by atoms with Crippen molar-refractivity contribution in [3.63, 3.8) is 0 Å². The largest absolute Gasteiger partial charge is 0.481 e. The zero-order valence-electron chi connectivity index (χ0n) is 21.2. The Kier molecular flexibility index (Phi) is 8.04. The standard InChI is InChI=1S/C30H37NO4S/c1-30(2)24-19-27(30)25(17-11-3-4-12-18-29(32)33)28(20-24)31-36(34,35)21-26(22-13-7-5-8-14-22)23-15-9-6-10-16-23/h3,5-11,13-16,24,26-27,31H,4,12,17-21H2,1-2H3,(H,32,33). The molecule has 0 saturated heterocycles. The lowest BCUT2D eigenvalue weighted by Crippen LogP contribution is -2.51. The molecule has 6 heteroatoms. The highest BCUT2D eigenvalue weighted by Crippen LogP contribution is 2.61. The molecule has 0 aromatic heterocycles. The number of nitrogens with one attached hydrogen (secondary N) is 1. The molecular weight excluding hydrogens is 470 g/mol. The second-order valence-corrected chi connectivity index (χ2v) is 12.5. The van der Waals surface area contributed by atoms with Crippen LogP contribution >= 0.6 is 0 Å². The summed E-state index contributed by atoms with van der Waals surface area (Å²) in [4.78, 5) is 10.7. The van der Waals surface area contributed by atoms with Crippen LogP contribution in [0.2, 0.25) is 0 Å². The van der Waals surface area contributed by atoms with Crippen molar-refractivity contribution in [3.05, 3.63) is 95.2 Å². The van der Waals surface area contributed by atoms with Crippen molar-refractivity contribution in [1.82, 2.24) is 4.72 Å². The molecular formula is C30H37NO4S. The number of carbonyl (C=O) groups is 1. The minimum Gasteiger partial charge on any atom is -0.481 e. The van der Waals surface area contributed by atoms with Crippen LogP contribution in [0.15, 0.2) is 84.1 Å². The molecule has 5 rings (SSSR count). The van der Waals surface area contributed by atoms with Gasteiger partial charge in [0.1, 0.15) is 0 Å². The molecule has 3 aliphatic rings. The summed E-state index contributed by atoms with van der Waals surface area (Å²) in [6.07, 6.45) is 8.17. The molecule has 0 radical (unpaired) electrons. The molecule has 1 saturated carbocycles. The van der Waals surface area contributed by atoms with Crippen LogP contribution in [0.1, 0.15) is 69.4 Å². The zero-order chi connectivity index (χ0) is 25.8. The van der Waals surface area contributed by atoms with Crippen molar-refractivity contribution >= 4 is 16.0 Å². The number of carboxylic acids is 1.